The van der Waals surface area contributed by atoms with Crippen LogP contribution in [0.1, 0.15) is 25.7 Å². The molecule has 22 heavy (non-hydrogen) atoms. The molecule has 4 heteroatoms. The molecule has 2 N–H and O–H groups in total. The lowest BCUT2D eigenvalue weighted by Gasteiger charge is -2.15. The standard InChI is InChI=1S/C18H22N4/c1-2-12-19-18-21-16(14-8-4-3-5-9-14)13-17(22-18)20-15-10-6-7-11-15/h2-5,8-9,13,15H,1,6-7,10-12H2,(H2,19,20,21,22). The van der Waals surface area contributed by atoms with Crippen molar-refractivity contribution in [1.82, 2.24) is 9.97 Å². The van der Waals surface area contributed by atoms with Crippen LogP contribution in [0.3, 0.4) is 0 Å². The highest BCUT2D eigenvalue weighted by atomic mass is 15.1. The zero-order valence-corrected chi connectivity index (χ0v) is 12.8. The second-order valence-electron chi connectivity index (χ2n) is 5.62. The molecule has 0 atom stereocenters. The Morgan fingerprint density at radius 3 is 2.64 bits per heavy atom. The third kappa shape index (κ3) is 3.64. The molecule has 4 nitrogen and oxygen atoms in total. The summed E-state index contributed by atoms with van der Waals surface area (Å²) in [6.45, 7) is 4.38. The Morgan fingerprint density at radius 2 is 1.91 bits per heavy atom. The first-order valence-corrected chi connectivity index (χ1v) is 7.91. The molecule has 1 heterocycles. The van der Waals surface area contributed by atoms with Gasteiger partial charge in [0, 0.05) is 24.2 Å². The lowest BCUT2D eigenvalue weighted by atomic mass is 10.1. The molecule has 1 aromatic heterocycles. The predicted octanol–water partition coefficient (Wildman–Crippen LogP) is 4.10. The number of anilines is 2. The summed E-state index contributed by atoms with van der Waals surface area (Å²) in [5.74, 6) is 1.54. The molecule has 0 unspecified atom stereocenters. The van der Waals surface area contributed by atoms with Crippen LogP contribution < -0.4 is 10.6 Å². The Kier molecular flexibility index (Phi) is 4.68. The van der Waals surface area contributed by atoms with Crippen molar-refractivity contribution in [3.05, 3.63) is 49.1 Å². The number of rotatable bonds is 6. The van der Waals surface area contributed by atoms with Gasteiger partial charge in [-0.25, -0.2) is 4.98 Å². The van der Waals surface area contributed by atoms with E-state index < -0.39 is 0 Å². The van der Waals surface area contributed by atoms with Crippen LogP contribution in [0.15, 0.2) is 49.1 Å². The van der Waals surface area contributed by atoms with E-state index >= 15 is 0 Å². The second-order valence-corrected chi connectivity index (χ2v) is 5.62. The number of hydrogen-bond acceptors (Lipinski definition) is 4. The molecule has 114 valence electrons. The first kappa shape index (κ1) is 14.6. The van der Waals surface area contributed by atoms with Gasteiger partial charge in [-0.05, 0) is 12.8 Å². The van der Waals surface area contributed by atoms with Crippen LogP contribution in [-0.2, 0) is 0 Å². The summed E-state index contributed by atoms with van der Waals surface area (Å²) in [6, 6.07) is 12.8. The van der Waals surface area contributed by atoms with Gasteiger partial charge in [0.1, 0.15) is 5.82 Å². The summed E-state index contributed by atoms with van der Waals surface area (Å²) in [4.78, 5) is 9.18. The van der Waals surface area contributed by atoms with E-state index in [2.05, 4.69) is 39.3 Å². The Balaban J connectivity index is 1.88. The van der Waals surface area contributed by atoms with E-state index in [-0.39, 0.29) is 0 Å². The normalized spacial score (nSPS) is 14.7. The summed E-state index contributed by atoms with van der Waals surface area (Å²) in [7, 11) is 0. The summed E-state index contributed by atoms with van der Waals surface area (Å²) < 4.78 is 0. The molecule has 0 bridgehead atoms. The minimum atomic E-state index is 0.533. The molecule has 3 rings (SSSR count). The van der Waals surface area contributed by atoms with Crippen molar-refractivity contribution in [2.45, 2.75) is 31.7 Å². The monoisotopic (exact) mass is 294 g/mol. The topological polar surface area (TPSA) is 49.8 Å². The number of nitrogens with zero attached hydrogens (tertiary/aromatic N) is 2. The van der Waals surface area contributed by atoms with E-state index in [1.54, 1.807) is 0 Å². The fourth-order valence-corrected chi connectivity index (χ4v) is 2.80. The van der Waals surface area contributed by atoms with Crippen LogP contribution in [-0.4, -0.2) is 22.6 Å². The largest absolute Gasteiger partial charge is 0.367 e. The number of aromatic nitrogens is 2. The quantitative estimate of drug-likeness (QED) is 0.788. The number of nitrogens with one attached hydrogen (secondary N) is 2. The molecule has 1 aromatic carbocycles. The van der Waals surface area contributed by atoms with Gasteiger partial charge >= 0.3 is 0 Å². The molecular weight excluding hydrogens is 272 g/mol. The van der Waals surface area contributed by atoms with Gasteiger partial charge in [-0.3, -0.25) is 0 Å². The fraction of sp³-hybridized carbons (Fsp3) is 0.333. The molecule has 0 amide bonds. The first-order chi connectivity index (χ1) is 10.8. The summed E-state index contributed by atoms with van der Waals surface area (Å²) in [6.07, 6.45) is 6.86. The maximum absolute atomic E-state index is 4.61. The Labute approximate surface area is 131 Å². The highest BCUT2D eigenvalue weighted by molar-refractivity contribution is 5.64. The first-order valence-electron chi connectivity index (χ1n) is 7.91. The van der Waals surface area contributed by atoms with Crippen molar-refractivity contribution in [1.29, 1.82) is 0 Å². The highest BCUT2D eigenvalue weighted by Crippen LogP contribution is 2.25. The Hall–Kier alpha value is -2.36. The molecule has 2 aromatic rings. The fourth-order valence-electron chi connectivity index (χ4n) is 2.80. The summed E-state index contributed by atoms with van der Waals surface area (Å²) in [5.41, 5.74) is 2.03. The molecule has 1 fully saturated rings. The average Bonchev–Trinajstić information content (AvgIpc) is 3.06. The number of hydrogen-bond donors (Lipinski definition) is 2. The van der Waals surface area contributed by atoms with Crippen molar-refractivity contribution >= 4 is 11.8 Å². The minimum Gasteiger partial charge on any atom is -0.367 e. The van der Waals surface area contributed by atoms with Crippen molar-refractivity contribution in [3.8, 4) is 11.3 Å². The third-order valence-electron chi connectivity index (χ3n) is 3.91. The smallest absolute Gasteiger partial charge is 0.225 e. The van der Waals surface area contributed by atoms with E-state index in [0.29, 0.717) is 18.5 Å². The van der Waals surface area contributed by atoms with Crippen LogP contribution in [0.25, 0.3) is 11.3 Å². The molecule has 1 aliphatic rings. The van der Waals surface area contributed by atoms with Crippen LogP contribution in [0.5, 0.6) is 0 Å². The van der Waals surface area contributed by atoms with Gasteiger partial charge in [-0.2, -0.15) is 4.98 Å². The van der Waals surface area contributed by atoms with Gasteiger partial charge in [0.2, 0.25) is 5.95 Å². The molecule has 0 aliphatic heterocycles. The van der Waals surface area contributed by atoms with Crippen LogP contribution >= 0.6 is 0 Å². The Bertz CT molecular complexity index is 618. The van der Waals surface area contributed by atoms with Gasteiger partial charge in [0.15, 0.2) is 0 Å². The van der Waals surface area contributed by atoms with Gasteiger partial charge in [0.05, 0.1) is 5.69 Å². The SMILES string of the molecule is C=CCNc1nc(NC2CCCC2)cc(-c2ccccc2)n1. The van der Waals surface area contributed by atoms with E-state index in [0.717, 1.165) is 17.1 Å². The zero-order chi connectivity index (χ0) is 15.2. The van der Waals surface area contributed by atoms with E-state index in [9.17, 15) is 0 Å². The van der Waals surface area contributed by atoms with Crippen molar-refractivity contribution in [2.24, 2.45) is 0 Å². The molecule has 0 radical (unpaired) electrons. The van der Waals surface area contributed by atoms with Crippen LogP contribution in [0.2, 0.25) is 0 Å². The summed E-state index contributed by atoms with van der Waals surface area (Å²) >= 11 is 0. The highest BCUT2D eigenvalue weighted by Gasteiger charge is 2.16. The maximum atomic E-state index is 4.61. The van der Waals surface area contributed by atoms with E-state index in [1.165, 1.54) is 25.7 Å². The summed E-state index contributed by atoms with van der Waals surface area (Å²) in [5, 5.41) is 6.74. The van der Waals surface area contributed by atoms with Crippen LogP contribution in [0, 0.1) is 0 Å². The number of benzene rings is 1. The van der Waals surface area contributed by atoms with Gasteiger partial charge in [0.25, 0.3) is 0 Å². The van der Waals surface area contributed by atoms with Gasteiger partial charge in [-0.1, -0.05) is 49.2 Å². The predicted molar refractivity (Wildman–Crippen MR) is 92.0 cm³/mol. The lowest BCUT2D eigenvalue weighted by Crippen LogP contribution is -2.16. The van der Waals surface area contributed by atoms with Crippen molar-refractivity contribution in [3.63, 3.8) is 0 Å². The molecule has 0 spiro atoms. The molecule has 1 saturated carbocycles. The molecular formula is C18H22N4. The molecule has 1 aliphatic carbocycles. The van der Waals surface area contributed by atoms with Crippen LogP contribution in [0.4, 0.5) is 11.8 Å². The van der Waals surface area contributed by atoms with Gasteiger partial charge in [-0.15, -0.1) is 6.58 Å². The lowest BCUT2D eigenvalue weighted by molar-refractivity contribution is 0.750. The minimum absolute atomic E-state index is 0.533. The van der Waals surface area contributed by atoms with Crippen molar-refractivity contribution < 1.29 is 0 Å². The maximum Gasteiger partial charge on any atom is 0.225 e. The van der Waals surface area contributed by atoms with Gasteiger partial charge < -0.3 is 10.6 Å². The zero-order valence-electron chi connectivity index (χ0n) is 12.8. The van der Waals surface area contributed by atoms with E-state index in [1.807, 2.05) is 30.3 Å². The Morgan fingerprint density at radius 1 is 1.14 bits per heavy atom. The van der Waals surface area contributed by atoms with Crippen molar-refractivity contribution in [2.75, 3.05) is 17.2 Å². The molecule has 0 saturated heterocycles. The second kappa shape index (κ2) is 7.07. The average molecular weight is 294 g/mol. The van der Waals surface area contributed by atoms with E-state index in [4.69, 9.17) is 0 Å². The third-order valence-corrected chi connectivity index (χ3v) is 3.91.